The number of aliphatic carboxylic acids is 1. The second-order valence-corrected chi connectivity index (χ2v) is 7.67. The SMILES string of the molecule is C=Cc1ccc([C@@](OCC2CCNCC2)(C(=O)O)[C@@H]2CCC(F)(F)C2)cc1. The highest BCUT2D eigenvalue weighted by Crippen LogP contribution is 2.49. The zero-order chi connectivity index (χ0) is 19.5. The van der Waals surface area contributed by atoms with Crippen molar-refractivity contribution in [3.05, 3.63) is 42.0 Å². The Balaban J connectivity index is 1.93. The van der Waals surface area contributed by atoms with Crippen LogP contribution < -0.4 is 5.32 Å². The van der Waals surface area contributed by atoms with Crippen LogP contribution in [0.4, 0.5) is 8.78 Å². The van der Waals surface area contributed by atoms with E-state index in [1.165, 1.54) is 0 Å². The predicted octanol–water partition coefficient (Wildman–Crippen LogP) is 4.06. The topological polar surface area (TPSA) is 58.6 Å². The van der Waals surface area contributed by atoms with Crippen molar-refractivity contribution in [3.63, 3.8) is 0 Å². The van der Waals surface area contributed by atoms with Crippen LogP contribution in [-0.4, -0.2) is 36.7 Å². The number of halogens is 2. The first-order chi connectivity index (χ1) is 12.9. The van der Waals surface area contributed by atoms with Crippen molar-refractivity contribution < 1.29 is 23.4 Å². The summed E-state index contributed by atoms with van der Waals surface area (Å²) in [4.78, 5) is 12.4. The predicted molar refractivity (Wildman–Crippen MR) is 99.7 cm³/mol. The van der Waals surface area contributed by atoms with E-state index < -0.39 is 29.8 Å². The highest BCUT2D eigenvalue weighted by molar-refractivity contribution is 5.80. The van der Waals surface area contributed by atoms with Crippen molar-refractivity contribution in [2.24, 2.45) is 11.8 Å². The fraction of sp³-hybridized carbons (Fsp3) is 0.571. The van der Waals surface area contributed by atoms with Gasteiger partial charge in [-0.15, -0.1) is 0 Å². The number of hydrogen-bond acceptors (Lipinski definition) is 3. The molecule has 1 saturated heterocycles. The average molecular weight is 379 g/mol. The lowest BCUT2D eigenvalue weighted by Gasteiger charge is -2.37. The normalized spacial score (nSPS) is 25.0. The Morgan fingerprint density at radius 2 is 1.96 bits per heavy atom. The van der Waals surface area contributed by atoms with Gasteiger partial charge in [0, 0.05) is 18.8 Å². The Hall–Kier alpha value is -1.79. The summed E-state index contributed by atoms with van der Waals surface area (Å²) in [7, 11) is 0. The van der Waals surface area contributed by atoms with Gasteiger partial charge in [0.2, 0.25) is 5.92 Å². The molecule has 0 amide bonds. The molecule has 1 heterocycles. The summed E-state index contributed by atoms with van der Waals surface area (Å²) in [6.45, 7) is 5.69. The van der Waals surface area contributed by atoms with Crippen LogP contribution >= 0.6 is 0 Å². The number of piperidine rings is 1. The minimum Gasteiger partial charge on any atom is -0.479 e. The summed E-state index contributed by atoms with van der Waals surface area (Å²) in [5.74, 6) is -4.56. The average Bonchev–Trinajstić information content (AvgIpc) is 3.03. The molecule has 27 heavy (non-hydrogen) atoms. The van der Waals surface area contributed by atoms with Gasteiger partial charge in [-0.3, -0.25) is 0 Å². The summed E-state index contributed by atoms with van der Waals surface area (Å²) in [5.41, 5.74) is -0.477. The van der Waals surface area contributed by atoms with E-state index in [1.54, 1.807) is 30.3 Å². The molecule has 2 N–H and O–H groups in total. The summed E-state index contributed by atoms with van der Waals surface area (Å²) < 4.78 is 34.0. The number of nitrogens with one attached hydrogen (secondary N) is 1. The van der Waals surface area contributed by atoms with E-state index in [2.05, 4.69) is 11.9 Å². The number of ether oxygens (including phenoxy) is 1. The van der Waals surface area contributed by atoms with Crippen LogP contribution in [0.2, 0.25) is 0 Å². The van der Waals surface area contributed by atoms with E-state index in [0.717, 1.165) is 31.5 Å². The first kappa shape index (κ1) is 20.0. The fourth-order valence-electron chi connectivity index (χ4n) is 4.26. The van der Waals surface area contributed by atoms with Crippen LogP contribution in [0.3, 0.4) is 0 Å². The molecule has 1 aromatic rings. The number of carbonyl (C=O) groups is 1. The number of carboxylic acid groups (broad SMARTS) is 1. The monoisotopic (exact) mass is 379 g/mol. The van der Waals surface area contributed by atoms with E-state index in [4.69, 9.17) is 4.74 Å². The van der Waals surface area contributed by atoms with Crippen LogP contribution in [-0.2, 0) is 15.1 Å². The zero-order valence-corrected chi connectivity index (χ0v) is 15.4. The Bertz CT molecular complexity index is 671. The van der Waals surface area contributed by atoms with Gasteiger partial charge in [-0.05, 0) is 49.4 Å². The molecule has 0 bridgehead atoms. The quantitative estimate of drug-likeness (QED) is 0.750. The van der Waals surface area contributed by atoms with Crippen LogP contribution in [0.5, 0.6) is 0 Å². The van der Waals surface area contributed by atoms with E-state index in [1.807, 2.05) is 0 Å². The molecule has 1 aliphatic heterocycles. The second-order valence-electron chi connectivity index (χ2n) is 7.67. The van der Waals surface area contributed by atoms with E-state index >= 15 is 0 Å². The first-order valence-electron chi connectivity index (χ1n) is 9.56. The molecule has 2 atom stereocenters. The molecule has 0 unspecified atom stereocenters. The Labute approximate surface area is 158 Å². The third kappa shape index (κ3) is 4.22. The van der Waals surface area contributed by atoms with Gasteiger partial charge in [-0.1, -0.05) is 36.9 Å². The molecule has 1 aromatic carbocycles. The molecule has 2 fully saturated rings. The van der Waals surface area contributed by atoms with Gasteiger partial charge in [-0.2, -0.15) is 0 Å². The molecule has 0 radical (unpaired) electrons. The molecule has 0 aromatic heterocycles. The van der Waals surface area contributed by atoms with Crippen LogP contribution in [0, 0.1) is 11.8 Å². The lowest BCUT2D eigenvalue weighted by Crippen LogP contribution is -2.46. The van der Waals surface area contributed by atoms with Crippen molar-refractivity contribution in [2.75, 3.05) is 19.7 Å². The van der Waals surface area contributed by atoms with Crippen molar-refractivity contribution in [2.45, 2.75) is 43.6 Å². The lowest BCUT2D eigenvalue weighted by molar-refractivity contribution is -0.182. The van der Waals surface area contributed by atoms with Crippen molar-refractivity contribution in [1.29, 1.82) is 0 Å². The fourth-order valence-corrected chi connectivity index (χ4v) is 4.26. The van der Waals surface area contributed by atoms with Crippen LogP contribution in [0.25, 0.3) is 6.08 Å². The summed E-state index contributed by atoms with van der Waals surface area (Å²) in [6.07, 6.45) is 2.82. The van der Waals surface area contributed by atoms with E-state index in [9.17, 15) is 18.7 Å². The first-order valence-corrected chi connectivity index (χ1v) is 9.56. The summed E-state index contributed by atoms with van der Waals surface area (Å²) >= 11 is 0. The van der Waals surface area contributed by atoms with Gasteiger partial charge in [0.15, 0.2) is 5.60 Å². The molecular weight excluding hydrogens is 352 g/mol. The molecule has 1 aliphatic carbocycles. The number of rotatable bonds is 7. The number of hydrogen-bond donors (Lipinski definition) is 2. The Kier molecular flexibility index (Phi) is 5.96. The molecule has 2 aliphatic rings. The third-order valence-corrected chi connectivity index (χ3v) is 5.88. The van der Waals surface area contributed by atoms with Gasteiger partial charge in [0.25, 0.3) is 0 Å². The molecule has 1 saturated carbocycles. The van der Waals surface area contributed by atoms with E-state index in [-0.39, 0.29) is 25.4 Å². The molecule has 4 nitrogen and oxygen atoms in total. The highest BCUT2D eigenvalue weighted by Gasteiger charge is 2.55. The molecular formula is C21H27F2NO3. The highest BCUT2D eigenvalue weighted by atomic mass is 19.3. The largest absolute Gasteiger partial charge is 0.479 e. The summed E-state index contributed by atoms with van der Waals surface area (Å²) in [5, 5.41) is 13.4. The maximum absolute atomic E-state index is 13.9. The molecule has 3 rings (SSSR count). The van der Waals surface area contributed by atoms with Crippen molar-refractivity contribution >= 4 is 12.0 Å². The van der Waals surface area contributed by atoms with Crippen molar-refractivity contribution in [3.8, 4) is 0 Å². The zero-order valence-electron chi connectivity index (χ0n) is 15.4. The van der Waals surface area contributed by atoms with Gasteiger partial charge in [0.05, 0.1) is 6.61 Å². The standard InChI is InChI=1S/C21H27F2NO3/c1-2-15-3-5-17(6-4-15)21(19(25)26,18-7-10-20(22,23)13-18)27-14-16-8-11-24-12-9-16/h2-6,16,18,24H,1,7-14H2,(H,25,26)/t18-,21+/m1/s1. The lowest BCUT2D eigenvalue weighted by atomic mass is 9.79. The molecule has 6 heteroatoms. The molecule has 148 valence electrons. The minimum absolute atomic E-state index is 0.134. The van der Waals surface area contributed by atoms with Gasteiger partial charge in [-0.25, -0.2) is 13.6 Å². The third-order valence-electron chi connectivity index (χ3n) is 5.88. The number of benzene rings is 1. The number of alkyl halides is 2. The van der Waals surface area contributed by atoms with Crippen molar-refractivity contribution in [1.82, 2.24) is 5.32 Å². The second kappa shape index (κ2) is 8.07. The van der Waals surface area contributed by atoms with Crippen LogP contribution in [0.1, 0.15) is 43.2 Å². The van der Waals surface area contributed by atoms with Crippen LogP contribution in [0.15, 0.2) is 30.8 Å². The van der Waals surface area contributed by atoms with Gasteiger partial charge in [0.1, 0.15) is 0 Å². The Morgan fingerprint density at radius 1 is 1.30 bits per heavy atom. The van der Waals surface area contributed by atoms with Gasteiger partial charge < -0.3 is 15.2 Å². The Morgan fingerprint density at radius 3 is 2.48 bits per heavy atom. The molecule has 0 spiro atoms. The smallest absolute Gasteiger partial charge is 0.340 e. The van der Waals surface area contributed by atoms with E-state index in [0.29, 0.717) is 5.56 Å². The minimum atomic E-state index is -2.84. The maximum Gasteiger partial charge on any atom is 0.340 e. The van der Waals surface area contributed by atoms with Gasteiger partial charge >= 0.3 is 5.97 Å². The number of carboxylic acids is 1. The summed E-state index contributed by atoms with van der Waals surface area (Å²) in [6, 6.07) is 6.84. The maximum atomic E-state index is 13.9.